The number of rotatable bonds is 5. The Hall–Kier alpha value is -3.61. The summed E-state index contributed by atoms with van der Waals surface area (Å²) in [4.78, 5) is 40.9. The number of amides is 1. The van der Waals surface area contributed by atoms with Crippen LogP contribution in [0.5, 0.6) is 0 Å². The fourth-order valence-corrected chi connectivity index (χ4v) is 5.83. The van der Waals surface area contributed by atoms with Crippen molar-refractivity contribution in [2.45, 2.75) is 52.0 Å². The highest BCUT2D eigenvalue weighted by molar-refractivity contribution is 7.14. The van der Waals surface area contributed by atoms with Crippen molar-refractivity contribution in [2.75, 3.05) is 13.7 Å². The lowest BCUT2D eigenvalue weighted by molar-refractivity contribution is -0.0626. The van der Waals surface area contributed by atoms with E-state index in [1.54, 1.807) is 10.3 Å². The molecule has 1 amide bonds. The first-order valence-corrected chi connectivity index (χ1v) is 14.0. The van der Waals surface area contributed by atoms with Crippen molar-refractivity contribution < 1.29 is 28.2 Å². The molecule has 204 valence electrons. The van der Waals surface area contributed by atoms with E-state index in [9.17, 15) is 9.59 Å². The zero-order valence-electron chi connectivity index (χ0n) is 22.4. The predicted molar refractivity (Wildman–Crippen MR) is 146 cm³/mol. The topological polar surface area (TPSA) is 117 Å². The Morgan fingerprint density at radius 3 is 2.46 bits per heavy atom. The second-order valence-corrected chi connectivity index (χ2v) is 12.0. The van der Waals surface area contributed by atoms with Crippen molar-refractivity contribution in [3.05, 3.63) is 51.8 Å². The summed E-state index contributed by atoms with van der Waals surface area (Å²) in [5, 5.41) is 5.05. The summed E-state index contributed by atoms with van der Waals surface area (Å²) < 4.78 is 22.5. The van der Waals surface area contributed by atoms with Gasteiger partial charge in [-0.1, -0.05) is 30.3 Å². The first kappa shape index (κ1) is 27.0. The van der Waals surface area contributed by atoms with Crippen molar-refractivity contribution >= 4 is 34.7 Å². The van der Waals surface area contributed by atoms with Gasteiger partial charge in [-0.3, -0.25) is 4.90 Å². The molecule has 0 N–H and O–H groups in total. The van der Waals surface area contributed by atoms with Crippen LogP contribution in [0, 0.1) is 0 Å². The Bertz CT molecular complexity index is 1500. The van der Waals surface area contributed by atoms with Gasteiger partial charge in [0.05, 0.1) is 13.7 Å². The van der Waals surface area contributed by atoms with Crippen molar-refractivity contribution in [3.63, 3.8) is 0 Å². The van der Waals surface area contributed by atoms with E-state index in [4.69, 9.17) is 23.6 Å². The number of esters is 1. The van der Waals surface area contributed by atoms with Crippen LogP contribution in [-0.4, -0.2) is 57.0 Å². The highest BCUT2D eigenvalue weighted by atomic mass is 32.1. The molecular formula is C27H28N4O6S2. The van der Waals surface area contributed by atoms with Crippen LogP contribution < -0.4 is 0 Å². The lowest BCUT2D eigenvalue weighted by Crippen LogP contribution is -2.47. The lowest BCUT2D eigenvalue weighted by atomic mass is 10.1. The van der Waals surface area contributed by atoms with Crippen LogP contribution in [0.4, 0.5) is 4.79 Å². The molecule has 0 radical (unpaired) electrons. The number of methoxy groups -OCH3 is 1. The molecule has 0 saturated carbocycles. The van der Waals surface area contributed by atoms with Gasteiger partial charge in [-0.2, -0.15) is 0 Å². The minimum atomic E-state index is -0.841. The fraction of sp³-hybridized carbons (Fsp3) is 0.370. The van der Waals surface area contributed by atoms with Crippen LogP contribution in [-0.2, 0) is 14.2 Å². The van der Waals surface area contributed by atoms with E-state index >= 15 is 0 Å². The molecule has 12 heteroatoms. The molecule has 1 aromatic carbocycles. The molecule has 5 rings (SSSR count). The van der Waals surface area contributed by atoms with Gasteiger partial charge in [-0.05, 0) is 34.6 Å². The van der Waals surface area contributed by atoms with Crippen molar-refractivity contribution in [1.29, 1.82) is 0 Å². The van der Waals surface area contributed by atoms with Gasteiger partial charge in [0.15, 0.2) is 11.5 Å². The Kier molecular flexibility index (Phi) is 7.04. The zero-order chi connectivity index (χ0) is 27.9. The fourth-order valence-electron chi connectivity index (χ4n) is 4.12. The summed E-state index contributed by atoms with van der Waals surface area (Å²) in [7, 11) is 1.30. The third-order valence-electron chi connectivity index (χ3n) is 5.87. The molecule has 1 aliphatic rings. The summed E-state index contributed by atoms with van der Waals surface area (Å²) in [6.07, 6.45) is -0.456. The van der Waals surface area contributed by atoms with Gasteiger partial charge < -0.3 is 18.6 Å². The second kappa shape index (κ2) is 10.2. The summed E-state index contributed by atoms with van der Waals surface area (Å²) in [6.45, 7) is 9.46. The molecule has 0 unspecified atom stereocenters. The van der Waals surface area contributed by atoms with Crippen molar-refractivity contribution in [2.24, 2.45) is 0 Å². The third kappa shape index (κ3) is 5.45. The number of nitrogens with zero attached hydrogens (tertiary/aromatic N) is 4. The molecule has 1 fully saturated rings. The van der Waals surface area contributed by atoms with E-state index in [0.717, 1.165) is 0 Å². The van der Waals surface area contributed by atoms with Gasteiger partial charge in [0, 0.05) is 16.3 Å². The van der Waals surface area contributed by atoms with Gasteiger partial charge >= 0.3 is 12.1 Å². The first-order chi connectivity index (χ1) is 18.5. The normalized spacial score (nSPS) is 16.9. The van der Waals surface area contributed by atoms with Crippen LogP contribution in [0.1, 0.15) is 56.2 Å². The van der Waals surface area contributed by atoms with Gasteiger partial charge in [0.1, 0.15) is 38.8 Å². The van der Waals surface area contributed by atoms with Crippen LogP contribution in [0.15, 0.2) is 45.5 Å². The van der Waals surface area contributed by atoms with E-state index < -0.39 is 29.4 Å². The number of carbonyl (C=O) groups is 2. The standard InChI is InChI=1S/C27H28N4O6S2/c1-26(2,3)37-25(33)31-18(12-35-27(31,4)5)23-29-17(14-39-23)22-28-16(13-38-22)21-30-19(24(32)34-6)20(36-21)15-10-8-7-9-11-15/h7-11,13-14,18H,12H2,1-6H3/t18-/m0/s1. The van der Waals surface area contributed by atoms with E-state index in [1.807, 2.05) is 70.3 Å². The maximum Gasteiger partial charge on any atom is 0.413 e. The average Bonchev–Trinajstić information content (AvgIpc) is 3.67. The lowest BCUT2D eigenvalue weighted by Gasteiger charge is -2.34. The Labute approximate surface area is 233 Å². The second-order valence-electron chi connectivity index (χ2n) is 10.3. The minimum absolute atomic E-state index is 0.0790. The van der Waals surface area contributed by atoms with E-state index in [1.165, 1.54) is 29.8 Å². The molecule has 39 heavy (non-hydrogen) atoms. The maximum absolute atomic E-state index is 13.0. The van der Waals surface area contributed by atoms with Crippen molar-refractivity contribution in [1.82, 2.24) is 19.9 Å². The third-order valence-corrected chi connectivity index (χ3v) is 7.68. The van der Waals surface area contributed by atoms with E-state index in [2.05, 4.69) is 9.97 Å². The largest absolute Gasteiger partial charge is 0.464 e. The number of benzene rings is 1. The summed E-state index contributed by atoms with van der Waals surface area (Å²) >= 11 is 2.80. The quantitative estimate of drug-likeness (QED) is 0.251. The van der Waals surface area contributed by atoms with Crippen LogP contribution in [0.2, 0.25) is 0 Å². The average molecular weight is 569 g/mol. The molecule has 1 saturated heterocycles. The van der Waals surface area contributed by atoms with E-state index in [0.29, 0.717) is 39.3 Å². The SMILES string of the molecule is COC(=O)c1nc(-c2csc(-c3csc([C@@H]4COC(C)(C)N4C(=O)OC(C)(C)C)n3)n2)oc1-c1ccccc1. The highest BCUT2D eigenvalue weighted by Gasteiger charge is 2.47. The Morgan fingerprint density at radius 1 is 1.05 bits per heavy atom. The summed E-state index contributed by atoms with van der Waals surface area (Å²) in [5.41, 5.74) is 0.425. The van der Waals surface area contributed by atoms with Crippen LogP contribution in [0.3, 0.4) is 0 Å². The number of thiazole rings is 2. The zero-order valence-corrected chi connectivity index (χ0v) is 24.0. The van der Waals surface area contributed by atoms with E-state index in [-0.39, 0.29) is 11.6 Å². The minimum Gasteiger partial charge on any atom is -0.464 e. The van der Waals surface area contributed by atoms with Gasteiger partial charge in [0.2, 0.25) is 5.89 Å². The molecular weight excluding hydrogens is 540 g/mol. The number of aromatic nitrogens is 3. The Balaban J connectivity index is 1.42. The number of hydrogen-bond acceptors (Lipinski definition) is 11. The summed E-state index contributed by atoms with van der Waals surface area (Å²) in [5.74, 6) is -0.0806. The maximum atomic E-state index is 13.0. The molecule has 3 aromatic heterocycles. The number of ether oxygens (including phenoxy) is 3. The molecule has 0 bridgehead atoms. The smallest absolute Gasteiger partial charge is 0.413 e. The molecule has 1 aliphatic heterocycles. The van der Waals surface area contributed by atoms with Gasteiger partial charge in [0.25, 0.3) is 0 Å². The number of oxazole rings is 1. The first-order valence-electron chi connectivity index (χ1n) is 12.2. The van der Waals surface area contributed by atoms with Crippen LogP contribution in [0.25, 0.3) is 33.6 Å². The molecule has 0 spiro atoms. The predicted octanol–water partition coefficient (Wildman–Crippen LogP) is 6.42. The summed E-state index contributed by atoms with van der Waals surface area (Å²) in [6, 6.07) is 8.83. The molecule has 10 nitrogen and oxygen atoms in total. The molecule has 1 atom stereocenters. The Morgan fingerprint density at radius 2 is 1.77 bits per heavy atom. The molecule has 4 aromatic rings. The molecule has 4 heterocycles. The number of hydrogen-bond donors (Lipinski definition) is 0. The van der Waals surface area contributed by atoms with Crippen molar-refractivity contribution in [3.8, 4) is 33.6 Å². The van der Waals surface area contributed by atoms with Gasteiger partial charge in [-0.15, -0.1) is 22.7 Å². The number of carbonyl (C=O) groups excluding carboxylic acids is 2. The van der Waals surface area contributed by atoms with Gasteiger partial charge in [-0.25, -0.2) is 24.5 Å². The monoisotopic (exact) mass is 568 g/mol. The van der Waals surface area contributed by atoms with Crippen LogP contribution >= 0.6 is 22.7 Å². The molecule has 0 aliphatic carbocycles. The highest BCUT2D eigenvalue weighted by Crippen LogP contribution is 2.41.